The lowest BCUT2D eigenvalue weighted by atomic mass is 10.1. The van der Waals surface area contributed by atoms with Crippen LogP contribution in [0.3, 0.4) is 0 Å². The van der Waals surface area contributed by atoms with Crippen LogP contribution < -0.4 is 5.32 Å². The van der Waals surface area contributed by atoms with E-state index in [1.807, 2.05) is 30.3 Å². The van der Waals surface area contributed by atoms with Gasteiger partial charge < -0.3 is 15.0 Å². The second-order valence-corrected chi connectivity index (χ2v) is 5.37. The van der Waals surface area contributed by atoms with Crippen molar-refractivity contribution in [3.63, 3.8) is 0 Å². The third-order valence-corrected chi connectivity index (χ3v) is 3.48. The average molecular weight is 340 g/mol. The van der Waals surface area contributed by atoms with Gasteiger partial charge in [-0.2, -0.15) is 0 Å². The van der Waals surface area contributed by atoms with Crippen LogP contribution >= 0.6 is 0 Å². The average Bonchev–Trinajstić information content (AvgIpc) is 2.62. The van der Waals surface area contributed by atoms with E-state index in [1.54, 1.807) is 43.1 Å². The maximum atomic E-state index is 12.7. The van der Waals surface area contributed by atoms with E-state index in [1.165, 1.54) is 0 Å². The highest BCUT2D eigenvalue weighted by Crippen LogP contribution is 2.18. The summed E-state index contributed by atoms with van der Waals surface area (Å²) < 4.78 is 4.66. The number of ether oxygens (including phenoxy) is 1. The molecule has 0 saturated heterocycles. The van der Waals surface area contributed by atoms with E-state index in [4.69, 9.17) is 0 Å². The van der Waals surface area contributed by atoms with Gasteiger partial charge in [0.15, 0.2) is 0 Å². The molecule has 6 nitrogen and oxygen atoms in total. The van der Waals surface area contributed by atoms with Crippen molar-refractivity contribution in [3.8, 4) is 0 Å². The Balaban J connectivity index is 2.14. The van der Waals surface area contributed by atoms with E-state index in [-0.39, 0.29) is 18.2 Å². The van der Waals surface area contributed by atoms with E-state index in [0.717, 1.165) is 5.56 Å². The summed E-state index contributed by atoms with van der Waals surface area (Å²) in [5.41, 5.74) is 1.57. The molecule has 25 heavy (non-hydrogen) atoms. The molecule has 0 aliphatic heterocycles. The Kier molecular flexibility index (Phi) is 6.28. The second-order valence-electron chi connectivity index (χ2n) is 5.37. The Labute approximate surface area is 146 Å². The van der Waals surface area contributed by atoms with Crippen LogP contribution in [0.25, 0.3) is 0 Å². The predicted molar refractivity (Wildman–Crippen MR) is 93.9 cm³/mol. The van der Waals surface area contributed by atoms with Gasteiger partial charge in [0.25, 0.3) is 5.91 Å². The Hall–Kier alpha value is -3.15. The van der Waals surface area contributed by atoms with Crippen molar-refractivity contribution >= 4 is 23.5 Å². The second kappa shape index (κ2) is 8.63. The van der Waals surface area contributed by atoms with Crippen molar-refractivity contribution in [3.05, 3.63) is 65.7 Å². The molecule has 0 aliphatic rings. The summed E-state index contributed by atoms with van der Waals surface area (Å²) in [6.07, 6.45) is 0. The standard InChI is InChI=1S/C19H20N2O4/c1-3-25-19(24)17(22)20-16-12-8-7-11-15(16)18(23)21(2)13-14-9-5-4-6-10-14/h4-12H,3,13H2,1-2H3,(H,20,22). The monoisotopic (exact) mass is 340 g/mol. The Morgan fingerprint density at radius 1 is 1.00 bits per heavy atom. The van der Waals surface area contributed by atoms with Crippen molar-refractivity contribution in [2.75, 3.05) is 19.0 Å². The Bertz CT molecular complexity index is 759. The van der Waals surface area contributed by atoms with Crippen LogP contribution in [0.1, 0.15) is 22.8 Å². The first kappa shape index (κ1) is 18.2. The van der Waals surface area contributed by atoms with Crippen LogP contribution in [0.5, 0.6) is 0 Å². The summed E-state index contributed by atoms with van der Waals surface area (Å²) >= 11 is 0. The largest absolute Gasteiger partial charge is 0.459 e. The Morgan fingerprint density at radius 3 is 2.32 bits per heavy atom. The maximum Gasteiger partial charge on any atom is 0.397 e. The topological polar surface area (TPSA) is 75.7 Å². The van der Waals surface area contributed by atoms with Crippen LogP contribution in [0.2, 0.25) is 0 Å². The number of carbonyl (C=O) groups excluding carboxylic acids is 3. The highest BCUT2D eigenvalue weighted by molar-refractivity contribution is 6.37. The Morgan fingerprint density at radius 2 is 1.64 bits per heavy atom. The van der Waals surface area contributed by atoms with Crippen molar-refractivity contribution < 1.29 is 19.1 Å². The van der Waals surface area contributed by atoms with Crippen LogP contribution in [0.15, 0.2) is 54.6 Å². The third kappa shape index (κ3) is 4.91. The number of amides is 2. The number of nitrogens with zero attached hydrogens (tertiary/aromatic N) is 1. The van der Waals surface area contributed by atoms with E-state index in [2.05, 4.69) is 10.1 Å². The fraction of sp³-hybridized carbons (Fsp3) is 0.211. The summed E-state index contributed by atoms with van der Waals surface area (Å²) in [6.45, 7) is 2.15. The van der Waals surface area contributed by atoms with Crippen molar-refractivity contribution in [1.82, 2.24) is 4.90 Å². The van der Waals surface area contributed by atoms with Crippen LogP contribution in [0, 0.1) is 0 Å². The van der Waals surface area contributed by atoms with Crippen molar-refractivity contribution in [2.24, 2.45) is 0 Å². The molecular formula is C19H20N2O4. The molecule has 2 aromatic rings. The molecule has 2 rings (SSSR count). The molecule has 0 fully saturated rings. The number of anilines is 1. The van der Waals surface area contributed by atoms with Gasteiger partial charge in [-0.05, 0) is 24.6 Å². The van der Waals surface area contributed by atoms with Gasteiger partial charge in [0.1, 0.15) is 0 Å². The molecule has 0 saturated carbocycles. The number of carbonyl (C=O) groups is 3. The van der Waals surface area contributed by atoms with Crippen molar-refractivity contribution in [2.45, 2.75) is 13.5 Å². The molecule has 0 aromatic heterocycles. The molecule has 2 amide bonds. The molecule has 0 aliphatic carbocycles. The summed E-state index contributed by atoms with van der Waals surface area (Å²) in [5, 5.41) is 2.43. The minimum Gasteiger partial charge on any atom is -0.459 e. The lowest BCUT2D eigenvalue weighted by Gasteiger charge is -2.19. The lowest BCUT2D eigenvalue weighted by Crippen LogP contribution is -2.29. The van der Waals surface area contributed by atoms with E-state index < -0.39 is 11.9 Å². The van der Waals surface area contributed by atoms with Crippen LogP contribution in [0.4, 0.5) is 5.69 Å². The zero-order valence-corrected chi connectivity index (χ0v) is 14.2. The number of hydrogen-bond acceptors (Lipinski definition) is 4. The molecule has 0 radical (unpaired) electrons. The van der Waals surface area contributed by atoms with Gasteiger partial charge in [0.2, 0.25) is 0 Å². The van der Waals surface area contributed by atoms with Gasteiger partial charge in [-0.15, -0.1) is 0 Å². The number of rotatable bonds is 5. The smallest absolute Gasteiger partial charge is 0.397 e. The fourth-order valence-electron chi connectivity index (χ4n) is 2.28. The number of nitrogens with one attached hydrogen (secondary N) is 1. The first-order valence-corrected chi connectivity index (χ1v) is 7.89. The highest BCUT2D eigenvalue weighted by Gasteiger charge is 2.20. The predicted octanol–water partition coefficient (Wildman–Crippen LogP) is 2.46. The molecule has 0 atom stereocenters. The van der Waals surface area contributed by atoms with Crippen LogP contribution in [-0.2, 0) is 20.9 Å². The molecule has 1 N–H and O–H groups in total. The normalized spacial score (nSPS) is 10.0. The molecule has 2 aromatic carbocycles. The van der Waals surface area contributed by atoms with Gasteiger partial charge in [-0.25, -0.2) is 4.79 Å². The minimum atomic E-state index is -0.984. The number of esters is 1. The summed E-state index contributed by atoms with van der Waals surface area (Å²) in [6, 6.07) is 16.1. The van der Waals surface area contributed by atoms with Gasteiger partial charge in [-0.1, -0.05) is 42.5 Å². The first-order valence-electron chi connectivity index (χ1n) is 7.89. The van der Waals surface area contributed by atoms with Crippen LogP contribution in [-0.4, -0.2) is 36.3 Å². The molecule has 0 bridgehead atoms. The molecule has 0 heterocycles. The van der Waals surface area contributed by atoms with Gasteiger partial charge in [0, 0.05) is 13.6 Å². The summed E-state index contributed by atoms with van der Waals surface area (Å²) in [5.74, 6) is -2.15. The summed E-state index contributed by atoms with van der Waals surface area (Å²) in [7, 11) is 1.68. The van der Waals surface area contributed by atoms with E-state index in [9.17, 15) is 14.4 Å². The number of para-hydroxylation sites is 1. The SMILES string of the molecule is CCOC(=O)C(=O)Nc1ccccc1C(=O)N(C)Cc1ccccc1. The minimum absolute atomic E-state index is 0.104. The molecule has 0 unspecified atom stereocenters. The van der Waals surface area contributed by atoms with E-state index in [0.29, 0.717) is 12.1 Å². The molecule has 0 spiro atoms. The zero-order chi connectivity index (χ0) is 18.2. The third-order valence-electron chi connectivity index (χ3n) is 3.48. The van der Waals surface area contributed by atoms with Crippen molar-refractivity contribution in [1.29, 1.82) is 0 Å². The maximum absolute atomic E-state index is 12.7. The fourth-order valence-corrected chi connectivity index (χ4v) is 2.28. The van der Waals surface area contributed by atoms with Gasteiger partial charge in [-0.3, -0.25) is 9.59 Å². The number of hydrogen-bond donors (Lipinski definition) is 1. The number of benzene rings is 2. The quantitative estimate of drug-likeness (QED) is 0.670. The van der Waals surface area contributed by atoms with Gasteiger partial charge in [0.05, 0.1) is 17.9 Å². The highest BCUT2D eigenvalue weighted by atomic mass is 16.5. The van der Waals surface area contributed by atoms with Gasteiger partial charge >= 0.3 is 11.9 Å². The first-order chi connectivity index (χ1) is 12.0. The molecule has 130 valence electrons. The molecule has 6 heteroatoms. The lowest BCUT2D eigenvalue weighted by molar-refractivity contribution is -0.152. The van der Waals surface area contributed by atoms with E-state index >= 15 is 0 Å². The summed E-state index contributed by atoms with van der Waals surface area (Å²) in [4.78, 5) is 37.6. The molecular weight excluding hydrogens is 320 g/mol. The zero-order valence-electron chi connectivity index (χ0n) is 14.2.